The maximum Gasteiger partial charge on any atom is 0.224 e. The normalized spacial score (nSPS) is 12.4. The summed E-state index contributed by atoms with van der Waals surface area (Å²) in [6, 6.07) is 13.0. The summed E-state index contributed by atoms with van der Waals surface area (Å²) in [7, 11) is 1.73. The van der Waals surface area contributed by atoms with E-state index in [1.807, 2.05) is 71.0 Å². The summed E-state index contributed by atoms with van der Waals surface area (Å²) >= 11 is 1.08. The highest BCUT2D eigenvalue weighted by molar-refractivity contribution is 7.11. The predicted octanol–water partition coefficient (Wildman–Crippen LogP) is 7.50. The number of hydrogen-bond donors (Lipinski definition) is 3. The Morgan fingerprint density at radius 3 is 2.59 bits per heavy atom. The van der Waals surface area contributed by atoms with Gasteiger partial charge in [0, 0.05) is 41.2 Å². The first-order valence-electron chi connectivity index (χ1n) is 13.3. The van der Waals surface area contributed by atoms with Crippen molar-refractivity contribution in [2.45, 2.75) is 41.0 Å². The lowest BCUT2D eigenvalue weighted by Gasteiger charge is -2.17. The Bertz CT molecular complexity index is 1640. The van der Waals surface area contributed by atoms with Gasteiger partial charge in [0.2, 0.25) is 5.91 Å². The van der Waals surface area contributed by atoms with Gasteiger partial charge in [-0.15, -0.1) is 11.3 Å². The van der Waals surface area contributed by atoms with Gasteiger partial charge in [-0.2, -0.15) is 9.49 Å². The molecule has 0 aliphatic rings. The van der Waals surface area contributed by atoms with Gasteiger partial charge in [0.05, 0.1) is 23.3 Å². The van der Waals surface area contributed by atoms with E-state index in [-0.39, 0.29) is 16.5 Å². The Balaban J connectivity index is 1.71. The molecule has 0 aliphatic carbocycles. The second kappa shape index (κ2) is 12.4. The SMILES string of the molecule is C=C(C)c1nc(/C(=N/NC)c2cccc(-c3cncc(NC(=O)CC(C)(C)C)c3)c2)[nH]c1/C(=C\C)c1ccc(F)s1. The first-order chi connectivity index (χ1) is 19.5. The largest absolute Gasteiger partial charge is 0.336 e. The van der Waals surface area contributed by atoms with E-state index in [9.17, 15) is 9.18 Å². The molecule has 1 aromatic carbocycles. The van der Waals surface area contributed by atoms with Crippen LogP contribution in [0.4, 0.5) is 10.1 Å². The molecule has 0 saturated heterocycles. The van der Waals surface area contributed by atoms with Crippen molar-refractivity contribution in [3.05, 3.63) is 100 Å². The third-order valence-electron chi connectivity index (χ3n) is 6.13. The zero-order chi connectivity index (χ0) is 29.7. The van der Waals surface area contributed by atoms with Gasteiger partial charge < -0.3 is 15.7 Å². The molecule has 0 atom stereocenters. The van der Waals surface area contributed by atoms with Gasteiger partial charge in [0.25, 0.3) is 0 Å². The van der Waals surface area contributed by atoms with Crippen LogP contribution >= 0.6 is 11.3 Å². The van der Waals surface area contributed by atoms with E-state index in [4.69, 9.17) is 4.98 Å². The number of nitrogens with one attached hydrogen (secondary N) is 3. The zero-order valence-corrected chi connectivity index (χ0v) is 25.0. The van der Waals surface area contributed by atoms with Crippen molar-refractivity contribution in [1.82, 2.24) is 20.4 Å². The van der Waals surface area contributed by atoms with Crippen molar-refractivity contribution < 1.29 is 9.18 Å². The maximum atomic E-state index is 13.9. The highest BCUT2D eigenvalue weighted by Crippen LogP contribution is 2.33. The molecule has 4 aromatic rings. The number of rotatable bonds is 9. The summed E-state index contributed by atoms with van der Waals surface area (Å²) in [5.74, 6) is 0.489. The minimum absolute atomic E-state index is 0.0543. The molecule has 0 bridgehead atoms. The minimum Gasteiger partial charge on any atom is -0.336 e. The van der Waals surface area contributed by atoms with E-state index < -0.39 is 0 Å². The van der Waals surface area contributed by atoms with Crippen molar-refractivity contribution in [2.24, 2.45) is 10.5 Å². The summed E-state index contributed by atoms with van der Waals surface area (Å²) in [6.07, 6.45) is 5.74. The van der Waals surface area contributed by atoms with Crippen LogP contribution < -0.4 is 10.7 Å². The molecule has 0 fully saturated rings. The van der Waals surface area contributed by atoms with E-state index in [1.54, 1.807) is 25.5 Å². The lowest BCUT2D eigenvalue weighted by Crippen LogP contribution is -2.19. The number of benzene rings is 1. The number of thiophene rings is 1. The predicted molar refractivity (Wildman–Crippen MR) is 167 cm³/mol. The van der Waals surface area contributed by atoms with Crippen molar-refractivity contribution in [3.63, 3.8) is 0 Å². The number of imidazole rings is 1. The van der Waals surface area contributed by atoms with Crippen LogP contribution in [-0.4, -0.2) is 33.6 Å². The number of carbonyl (C=O) groups is 1. The van der Waals surface area contributed by atoms with Crippen LogP contribution in [0, 0.1) is 10.5 Å². The number of aromatic nitrogens is 3. The van der Waals surface area contributed by atoms with Crippen molar-refractivity contribution >= 4 is 39.8 Å². The number of anilines is 1. The lowest BCUT2D eigenvalue weighted by molar-refractivity contribution is -0.117. The molecule has 0 saturated carbocycles. The molecule has 3 N–H and O–H groups in total. The fourth-order valence-electron chi connectivity index (χ4n) is 4.42. The van der Waals surface area contributed by atoms with E-state index >= 15 is 0 Å². The monoisotopic (exact) mass is 570 g/mol. The third-order valence-corrected chi connectivity index (χ3v) is 7.04. The highest BCUT2D eigenvalue weighted by Gasteiger charge is 2.21. The van der Waals surface area contributed by atoms with Crippen LogP contribution in [0.2, 0.25) is 0 Å². The Kier molecular flexibility index (Phi) is 8.98. The van der Waals surface area contributed by atoms with Gasteiger partial charge in [0.1, 0.15) is 5.71 Å². The zero-order valence-electron chi connectivity index (χ0n) is 24.2. The number of halogens is 1. The average molecular weight is 571 g/mol. The Morgan fingerprint density at radius 1 is 1.17 bits per heavy atom. The first-order valence-corrected chi connectivity index (χ1v) is 14.1. The molecular weight excluding hydrogens is 535 g/mol. The van der Waals surface area contributed by atoms with Crippen LogP contribution in [0.3, 0.4) is 0 Å². The topological polar surface area (TPSA) is 95.1 Å². The van der Waals surface area contributed by atoms with E-state index in [1.165, 1.54) is 6.07 Å². The second-order valence-corrected chi connectivity index (χ2v) is 11.9. The standard InChI is InChI=1S/C32H35FN6OS/c1-8-24(25-12-13-26(33)41-25)30-28(19(2)3)37-31(38-30)29(39-34-7)21-11-9-10-20(14-21)22-15-23(18-35-17-22)36-27(40)16-32(4,5)6/h8-15,17-18,34H,2,16H2,1,3-7H3,(H,36,40)(H,37,38)/b24-8-,39-29+. The summed E-state index contributed by atoms with van der Waals surface area (Å²) in [5.41, 5.74) is 9.62. The van der Waals surface area contributed by atoms with E-state index in [0.29, 0.717) is 29.3 Å². The molecule has 41 heavy (non-hydrogen) atoms. The number of carbonyl (C=O) groups excluding carboxylic acids is 1. The average Bonchev–Trinajstić information content (AvgIpc) is 3.54. The molecule has 0 unspecified atom stereocenters. The highest BCUT2D eigenvalue weighted by atomic mass is 32.1. The van der Waals surface area contributed by atoms with Gasteiger partial charge in [-0.05, 0) is 54.7 Å². The number of allylic oxidation sites excluding steroid dienone is 2. The molecule has 1 amide bonds. The van der Waals surface area contributed by atoms with E-state index in [0.717, 1.165) is 49.7 Å². The Labute approximate surface area is 244 Å². The van der Waals surface area contributed by atoms with Gasteiger partial charge in [-0.1, -0.05) is 51.6 Å². The van der Waals surface area contributed by atoms with Crippen LogP contribution in [0.15, 0.2) is 72.6 Å². The van der Waals surface area contributed by atoms with Gasteiger partial charge >= 0.3 is 0 Å². The lowest BCUT2D eigenvalue weighted by atomic mass is 9.92. The van der Waals surface area contributed by atoms with Gasteiger partial charge in [-0.3, -0.25) is 9.78 Å². The molecular formula is C32H35FN6OS. The second-order valence-electron chi connectivity index (χ2n) is 10.9. The molecule has 0 radical (unpaired) electrons. The molecule has 9 heteroatoms. The maximum absolute atomic E-state index is 13.9. The molecule has 3 heterocycles. The number of nitrogens with zero attached hydrogens (tertiary/aromatic N) is 3. The first kappa shape index (κ1) is 29.6. The number of pyridine rings is 1. The minimum atomic E-state index is -0.252. The van der Waals surface area contributed by atoms with Crippen LogP contribution in [0.1, 0.15) is 68.7 Å². The van der Waals surface area contributed by atoms with E-state index in [2.05, 4.69) is 32.4 Å². The Hall–Kier alpha value is -4.37. The molecule has 4 rings (SSSR count). The molecule has 7 nitrogen and oxygen atoms in total. The Morgan fingerprint density at radius 2 is 1.95 bits per heavy atom. The number of aromatic amines is 1. The number of H-pyrrole nitrogens is 1. The summed E-state index contributed by atoms with van der Waals surface area (Å²) in [5, 5.41) is 7.26. The van der Waals surface area contributed by atoms with Crippen molar-refractivity contribution in [2.75, 3.05) is 12.4 Å². The van der Waals surface area contributed by atoms with Gasteiger partial charge in [0.15, 0.2) is 11.0 Å². The molecule has 0 aliphatic heterocycles. The van der Waals surface area contributed by atoms with Crippen LogP contribution in [0.5, 0.6) is 0 Å². The number of hydrogen-bond acceptors (Lipinski definition) is 6. The van der Waals surface area contributed by atoms with Gasteiger partial charge in [-0.25, -0.2) is 4.98 Å². The summed E-state index contributed by atoms with van der Waals surface area (Å²) < 4.78 is 13.9. The molecule has 212 valence electrons. The third kappa shape index (κ3) is 7.24. The quantitative estimate of drug-likeness (QED) is 0.143. The molecule has 3 aromatic heterocycles. The van der Waals surface area contributed by atoms with Crippen molar-refractivity contribution in [3.8, 4) is 11.1 Å². The van der Waals surface area contributed by atoms with Crippen LogP contribution in [-0.2, 0) is 4.79 Å². The number of amides is 1. The summed E-state index contributed by atoms with van der Waals surface area (Å²) in [6.45, 7) is 14.0. The molecule has 0 spiro atoms. The number of hydrazone groups is 1. The fraction of sp³-hybridized carbons (Fsp3) is 0.250. The fourth-order valence-corrected chi connectivity index (χ4v) is 5.24. The summed E-state index contributed by atoms with van der Waals surface area (Å²) in [4.78, 5) is 25.9. The van der Waals surface area contributed by atoms with Crippen molar-refractivity contribution in [1.29, 1.82) is 0 Å². The van der Waals surface area contributed by atoms with Crippen LogP contribution in [0.25, 0.3) is 22.3 Å². The smallest absolute Gasteiger partial charge is 0.224 e.